The highest BCUT2D eigenvalue weighted by Gasteiger charge is 2.19. The van der Waals surface area contributed by atoms with Crippen LogP contribution in [0, 0.1) is 0 Å². The molecular formula is C53H94O6. The lowest BCUT2D eigenvalue weighted by Gasteiger charge is -2.18. The zero-order valence-electron chi connectivity index (χ0n) is 39.0. The summed E-state index contributed by atoms with van der Waals surface area (Å²) < 4.78 is 16.7. The molecule has 0 rings (SSSR count). The van der Waals surface area contributed by atoms with Crippen LogP contribution in [0.1, 0.15) is 252 Å². The number of allylic oxidation sites excluding steroid dienone is 8. The molecule has 342 valence electrons. The molecule has 0 heterocycles. The SMILES string of the molecule is CCCCC/C=C\C/C=C\C/C=C\CCCCC(=O)O[C@H](COC(=O)CCCCCCCCC/C=C\CCCCCC)COC(=O)CCCCCCCCCCCCC. The maximum absolute atomic E-state index is 12.8. The first-order chi connectivity index (χ1) is 29.0. The summed E-state index contributed by atoms with van der Waals surface area (Å²) in [6.07, 6.45) is 56.6. The van der Waals surface area contributed by atoms with Crippen LogP contribution in [-0.2, 0) is 28.6 Å². The molecule has 0 bridgehead atoms. The van der Waals surface area contributed by atoms with E-state index in [0.29, 0.717) is 19.3 Å². The van der Waals surface area contributed by atoms with Crippen molar-refractivity contribution < 1.29 is 28.6 Å². The Balaban J connectivity index is 4.43. The number of ether oxygens (including phenoxy) is 3. The van der Waals surface area contributed by atoms with E-state index in [2.05, 4.69) is 69.4 Å². The average Bonchev–Trinajstić information content (AvgIpc) is 3.23. The van der Waals surface area contributed by atoms with Gasteiger partial charge < -0.3 is 14.2 Å². The van der Waals surface area contributed by atoms with Crippen molar-refractivity contribution in [2.24, 2.45) is 0 Å². The van der Waals surface area contributed by atoms with Crippen LogP contribution >= 0.6 is 0 Å². The first-order valence-electron chi connectivity index (χ1n) is 25.1. The van der Waals surface area contributed by atoms with Gasteiger partial charge in [-0.25, -0.2) is 0 Å². The predicted octanol–water partition coefficient (Wildman–Crippen LogP) is 16.3. The Hall–Kier alpha value is -2.63. The number of carbonyl (C=O) groups is 3. The largest absolute Gasteiger partial charge is 0.462 e. The summed E-state index contributed by atoms with van der Waals surface area (Å²) >= 11 is 0. The van der Waals surface area contributed by atoms with E-state index >= 15 is 0 Å². The Kier molecular flexibility index (Phi) is 45.9. The number of unbranched alkanes of at least 4 members (excludes halogenated alkanes) is 26. The van der Waals surface area contributed by atoms with Crippen LogP contribution in [0.5, 0.6) is 0 Å². The van der Waals surface area contributed by atoms with Gasteiger partial charge in [0.05, 0.1) is 0 Å². The van der Waals surface area contributed by atoms with Crippen molar-refractivity contribution in [1.29, 1.82) is 0 Å². The highest BCUT2D eigenvalue weighted by Crippen LogP contribution is 2.14. The quantitative estimate of drug-likeness (QED) is 0.0263. The Morgan fingerprint density at radius 2 is 0.610 bits per heavy atom. The third kappa shape index (κ3) is 46.3. The zero-order chi connectivity index (χ0) is 43.0. The molecule has 6 nitrogen and oxygen atoms in total. The van der Waals surface area contributed by atoms with Gasteiger partial charge in [-0.05, 0) is 83.5 Å². The Morgan fingerprint density at radius 3 is 1.05 bits per heavy atom. The van der Waals surface area contributed by atoms with Gasteiger partial charge in [0.1, 0.15) is 13.2 Å². The lowest BCUT2D eigenvalue weighted by atomic mass is 10.1. The van der Waals surface area contributed by atoms with Gasteiger partial charge in [-0.2, -0.15) is 0 Å². The van der Waals surface area contributed by atoms with Crippen molar-refractivity contribution >= 4 is 17.9 Å². The van der Waals surface area contributed by atoms with Crippen molar-refractivity contribution in [1.82, 2.24) is 0 Å². The number of carbonyl (C=O) groups excluding carboxylic acids is 3. The predicted molar refractivity (Wildman–Crippen MR) is 252 cm³/mol. The standard InChI is InChI=1S/C53H94O6/c1-4-7-10-13-16-19-22-24-26-28-31-34-37-40-43-46-52(55)58-49-50(48-57-51(54)45-42-39-36-33-30-21-18-15-12-9-6-3)59-53(56)47-44-41-38-35-32-29-27-25-23-20-17-14-11-8-5-2/h17,19-20,22,25,27,32,35,50H,4-16,18,21,23-24,26,28-31,33-34,36-49H2,1-3H3/b20-17-,22-19-,27-25-,35-32-/t50-/m0/s1. The summed E-state index contributed by atoms with van der Waals surface area (Å²) in [5, 5.41) is 0. The fourth-order valence-corrected chi connectivity index (χ4v) is 6.97. The van der Waals surface area contributed by atoms with Crippen molar-refractivity contribution in [2.75, 3.05) is 13.2 Å². The van der Waals surface area contributed by atoms with Gasteiger partial charge in [0, 0.05) is 19.3 Å². The van der Waals surface area contributed by atoms with Gasteiger partial charge in [-0.15, -0.1) is 0 Å². The molecule has 0 aliphatic carbocycles. The molecule has 0 aromatic rings. The Labute approximate surface area is 365 Å². The normalized spacial score (nSPS) is 12.4. The first-order valence-corrected chi connectivity index (χ1v) is 25.1. The van der Waals surface area contributed by atoms with Gasteiger partial charge in [0.2, 0.25) is 0 Å². The molecule has 6 heteroatoms. The minimum absolute atomic E-state index is 0.0878. The highest BCUT2D eigenvalue weighted by molar-refractivity contribution is 5.71. The number of hydrogen-bond donors (Lipinski definition) is 0. The second-order valence-corrected chi connectivity index (χ2v) is 16.7. The summed E-state index contributed by atoms with van der Waals surface area (Å²) in [4.78, 5) is 37.9. The molecule has 0 spiro atoms. The molecule has 1 atom stereocenters. The van der Waals surface area contributed by atoms with Crippen molar-refractivity contribution in [3.8, 4) is 0 Å². The van der Waals surface area contributed by atoms with Crippen LogP contribution in [0.4, 0.5) is 0 Å². The monoisotopic (exact) mass is 827 g/mol. The fraction of sp³-hybridized carbons (Fsp3) is 0.792. The third-order valence-corrected chi connectivity index (χ3v) is 10.8. The van der Waals surface area contributed by atoms with Gasteiger partial charge in [0.25, 0.3) is 0 Å². The first kappa shape index (κ1) is 56.4. The van der Waals surface area contributed by atoms with Crippen LogP contribution < -0.4 is 0 Å². The van der Waals surface area contributed by atoms with Crippen LogP contribution in [0.3, 0.4) is 0 Å². The second kappa shape index (κ2) is 48.0. The van der Waals surface area contributed by atoms with E-state index in [1.807, 2.05) is 0 Å². The summed E-state index contributed by atoms with van der Waals surface area (Å²) in [6.45, 7) is 6.56. The number of esters is 3. The van der Waals surface area contributed by atoms with E-state index in [9.17, 15) is 14.4 Å². The summed E-state index contributed by atoms with van der Waals surface area (Å²) in [5.74, 6) is -0.927. The molecule has 0 N–H and O–H groups in total. The summed E-state index contributed by atoms with van der Waals surface area (Å²) in [7, 11) is 0. The molecule has 0 aromatic carbocycles. The molecule has 0 unspecified atom stereocenters. The Morgan fingerprint density at radius 1 is 0.339 bits per heavy atom. The highest BCUT2D eigenvalue weighted by atomic mass is 16.6. The second-order valence-electron chi connectivity index (χ2n) is 16.7. The minimum Gasteiger partial charge on any atom is -0.462 e. The molecule has 0 aromatic heterocycles. The van der Waals surface area contributed by atoms with Crippen LogP contribution in [0.25, 0.3) is 0 Å². The molecular weight excluding hydrogens is 733 g/mol. The summed E-state index contributed by atoms with van der Waals surface area (Å²) in [5.41, 5.74) is 0. The molecule has 0 fully saturated rings. The fourth-order valence-electron chi connectivity index (χ4n) is 6.97. The lowest BCUT2D eigenvalue weighted by Crippen LogP contribution is -2.30. The van der Waals surface area contributed by atoms with Crippen molar-refractivity contribution in [3.63, 3.8) is 0 Å². The zero-order valence-corrected chi connectivity index (χ0v) is 39.0. The smallest absolute Gasteiger partial charge is 0.306 e. The number of hydrogen-bond acceptors (Lipinski definition) is 6. The molecule has 0 saturated heterocycles. The number of rotatable bonds is 45. The molecule has 0 aliphatic rings. The molecule has 0 radical (unpaired) electrons. The van der Waals surface area contributed by atoms with E-state index in [1.54, 1.807) is 0 Å². The lowest BCUT2D eigenvalue weighted by molar-refractivity contribution is -0.167. The van der Waals surface area contributed by atoms with E-state index < -0.39 is 6.10 Å². The van der Waals surface area contributed by atoms with Crippen LogP contribution in [-0.4, -0.2) is 37.2 Å². The molecule has 0 amide bonds. The molecule has 0 saturated carbocycles. The summed E-state index contributed by atoms with van der Waals surface area (Å²) in [6, 6.07) is 0. The van der Waals surface area contributed by atoms with Crippen molar-refractivity contribution in [3.05, 3.63) is 48.6 Å². The van der Waals surface area contributed by atoms with Gasteiger partial charge in [0.15, 0.2) is 6.10 Å². The van der Waals surface area contributed by atoms with Gasteiger partial charge in [-0.1, -0.05) is 198 Å². The molecule has 0 aliphatic heterocycles. The Bertz CT molecular complexity index is 1040. The van der Waals surface area contributed by atoms with Crippen molar-refractivity contribution in [2.45, 2.75) is 258 Å². The van der Waals surface area contributed by atoms with Crippen LogP contribution in [0.2, 0.25) is 0 Å². The minimum atomic E-state index is -0.790. The van der Waals surface area contributed by atoms with Gasteiger partial charge >= 0.3 is 17.9 Å². The van der Waals surface area contributed by atoms with E-state index in [-0.39, 0.29) is 37.5 Å². The maximum Gasteiger partial charge on any atom is 0.306 e. The van der Waals surface area contributed by atoms with E-state index in [1.165, 1.54) is 141 Å². The average molecular weight is 827 g/mol. The molecule has 59 heavy (non-hydrogen) atoms. The van der Waals surface area contributed by atoms with Crippen LogP contribution in [0.15, 0.2) is 48.6 Å². The third-order valence-electron chi connectivity index (χ3n) is 10.8. The van der Waals surface area contributed by atoms with E-state index in [4.69, 9.17) is 14.2 Å². The topological polar surface area (TPSA) is 78.9 Å². The van der Waals surface area contributed by atoms with Gasteiger partial charge in [-0.3, -0.25) is 14.4 Å². The van der Waals surface area contributed by atoms with E-state index in [0.717, 1.165) is 64.2 Å². The maximum atomic E-state index is 12.8.